The molecule has 0 unspecified atom stereocenters. The number of carbonyl (C=O) groups is 1. The molecule has 0 saturated heterocycles. The zero-order valence-corrected chi connectivity index (χ0v) is 9.21. The van der Waals surface area contributed by atoms with E-state index in [2.05, 4.69) is 4.74 Å². The standard InChI is InChI=1S/C11H11NO5/c1-16-10(13)11(6-7-11)17-9-4-2-8(3-5-9)12(14)15/h2-5H,6-7H2,1H3. The number of benzene rings is 1. The number of non-ortho nitro benzene ring substituents is 1. The highest BCUT2D eigenvalue weighted by Gasteiger charge is 2.54. The van der Waals surface area contributed by atoms with Crippen LogP contribution in [0.3, 0.4) is 0 Å². The van der Waals surface area contributed by atoms with Crippen LogP contribution < -0.4 is 4.74 Å². The molecule has 6 nitrogen and oxygen atoms in total. The van der Waals surface area contributed by atoms with Crippen LogP contribution in [-0.4, -0.2) is 23.6 Å². The lowest BCUT2D eigenvalue weighted by Gasteiger charge is -2.15. The van der Waals surface area contributed by atoms with Gasteiger partial charge in [0.1, 0.15) is 5.75 Å². The Labute approximate surface area is 97.3 Å². The lowest BCUT2D eigenvalue weighted by Crippen LogP contribution is -2.30. The zero-order chi connectivity index (χ0) is 12.5. The third-order valence-electron chi connectivity index (χ3n) is 2.62. The molecular formula is C11H11NO5. The first-order chi connectivity index (χ1) is 8.07. The zero-order valence-electron chi connectivity index (χ0n) is 9.21. The van der Waals surface area contributed by atoms with E-state index in [9.17, 15) is 14.9 Å². The van der Waals surface area contributed by atoms with Crippen molar-refractivity contribution in [3.8, 4) is 5.75 Å². The summed E-state index contributed by atoms with van der Waals surface area (Å²) < 4.78 is 10.1. The average Bonchev–Trinajstić information content (AvgIpc) is 3.09. The van der Waals surface area contributed by atoms with Crippen LogP contribution in [0.1, 0.15) is 12.8 Å². The molecule has 0 aromatic heterocycles. The maximum absolute atomic E-state index is 11.4. The fourth-order valence-corrected chi connectivity index (χ4v) is 1.51. The lowest BCUT2D eigenvalue weighted by atomic mass is 10.3. The summed E-state index contributed by atoms with van der Waals surface area (Å²) in [5.41, 5.74) is -0.898. The summed E-state index contributed by atoms with van der Waals surface area (Å²) in [5, 5.41) is 10.5. The van der Waals surface area contributed by atoms with Gasteiger partial charge in [-0.05, 0) is 12.1 Å². The Morgan fingerprint density at radius 1 is 1.35 bits per heavy atom. The third-order valence-corrected chi connectivity index (χ3v) is 2.62. The van der Waals surface area contributed by atoms with Crippen molar-refractivity contribution in [2.75, 3.05) is 7.11 Å². The van der Waals surface area contributed by atoms with Gasteiger partial charge in [0, 0.05) is 25.0 Å². The second-order valence-corrected chi connectivity index (χ2v) is 3.84. The molecule has 0 radical (unpaired) electrons. The summed E-state index contributed by atoms with van der Waals surface area (Å²) in [7, 11) is 1.31. The number of hydrogen-bond acceptors (Lipinski definition) is 5. The molecule has 6 heteroatoms. The average molecular weight is 237 g/mol. The number of nitro groups is 1. The molecule has 0 amide bonds. The van der Waals surface area contributed by atoms with Crippen LogP contribution in [0.2, 0.25) is 0 Å². The van der Waals surface area contributed by atoms with Gasteiger partial charge in [0.2, 0.25) is 5.60 Å². The highest BCUT2D eigenvalue weighted by Crippen LogP contribution is 2.41. The molecule has 1 aliphatic rings. The van der Waals surface area contributed by atoms with Gasteiger partial charge < -0.3 is 9.47 Å². The largest absolute Gasteiger partial charge is 0.476 e. The van der Waals surface area contributed by atoms with Gasteiger partial charge in [-0.15, -0.1) is 0 Å². The molecule has 1 aliphatic carbocycles. The molecule has 1 saturated carbocycles. The second-order valence-electron chi connectivity index (χ2n) is 3.84. The predicted molar refractivity (Wildman–Crippen MR) is 57.7 cm³/mol. The van der Waals surface area contributed by atoms with Gasteiger partial charge in [0.25, 0.3) is 5.69 Å². The Balaban J connectivity index is 2.09. The van der Waals surface area contributed by atoms with Crippen LogP contribution in [0.5, 0.6) is 5.75 Å². The number of rotatable bonds is 4. The highest BCUT2D eigenvalue weighted by molar-refractivity contribution is 5.83. The first-order valence-corrected chi connectivity index (χ1v) is 5.09. The molecule has 1 aromatic rings. The van der Waals surface area contributed by atoms with Gasteiger partial charge in [0.05, 0.1) is 12.0 Å². The van der Waals surface area contributed by atoms with E-state index >= 15 is 0 Å². The molecule has 0 N–H and O–H groups in total. The molecule has 0 atom stereocenters. The Kier molecular flexibility index (Phi) is 2.71. The SMILES string of the molecule is COC(=O)C1(Oc2ccc([N+](=O)[O-])cc2)CC1. The van der Waals surface area contributed by atoms with E-state index in [1.165, 1.54) is 31.4 Å². The normalized spacial score (nSPS) is 16.1. The molecule has 1 aromatic carbocycles. The lowest BCUT2D eigenvalue weighted by molar-refractivity contribution is -0.384. The number of nitrogens with zero attached hydrogens (tertiary/aromatic N) is 1. The molecule has 0 spiro atoms. The van der Waals surface area contributed by atoms with Crippen molar-refractivity contribution in [3.63, 3.8) is 0 Å². The van der Waals surface area contributed by atoms with Gasteiger partial charge in [-0.2, -0.15) is 0 Å². The van der Waals surface area contributed by atoms with Crippen LogP contribution in [0.4, 0.5) is 5.69 Å². The molecule has 0 heterocycles. The monoisotopic (exact) mass is 237 g/mol. The van der Waals surface area contributed by atoms with Crippen LogP contribution in [0.15, 0.2) is 24.3 Å². The van der Waals surface area contributed by atoms with Crippen molar-refractivity contribution in [1.29, 1.82) is 0 Å². The van der Waals surface area contributed by atoms with Crippen LogP contribution in [0.25, 0.3) is 0 Å². The number of esters is 1. The second kappa shape index (κ2) is 4.04. The van der Waals surface area contributed by atoms with Gasteiger partial charge in [-0.3, -0.25) is 10.1 Å². The van der Waals surface area contributed by atoms with Gasteiger partial charge in [-0.25, -0.2) is 4.79 Å². The predicted octanol–water partition coefficient (Wildman–Crippen LogP) is 1.68. The fraction of sp³-hybridized carbons (Fsp3) is 0.364. The Bertz CT molecular complexity index is 449. The summed E-state index contributed by atoms with van der Waals surface area (Å²) >= 11 is 0. The molecular weight excluding hydrogens is 226 g/mol. The molecule has 0 bridgehead atoms. The Hall–Kier alpha value is -2.11. The summed E-state index contributed by atoms with van der Waals surface area (Å²) in [5.74, 6) is 0.0225. The highest BCUT2D eigenvalue weighted by atomic mass is 16.6. The van der Waals surface area contributed by atoms with E-state index in [1.54, 1.807) is 0 Å². The van der Waals surface area contributed by atoms with Crippen molar-refractivity contribution in [3.05, 3.63) is 34.4 Å². The molecule has 1 fully saturated rings. The number of carbonyl (C=O) groups excluding carboxylic acids is 1. The minimum atomic E-state index is -0.884. The molecule has 17 heavy (non-hydrogen) atoms. The minimum absolute atomic E-state index is 0.0136. The van der Waals surface area contributed by atoms with Gasteiger partial charge in [0.15, 0.2) is 0 Å². The summed E-state index contributed by atoms with van der Waals surface area (Å²) in [6.45, 7) is 0. The van der Waals surface area contributed by atoms with Crippen LogP contribution in [-0.2, 0) is 9.53 Å². The summed E-state index contributed by atoms with van der Waals surface area (Å²) in [4.78, 5) is 21.4. The van der Waals surface area contributed by atoms with Crippen molar-refractivity contribution in [2.24, 2.45) is 0 Å². The first-order valence-electron chi connectivity index (χ1n) is 5.09. The van der Waals surface area contributed by atoms with E-state index in [4.69, 9.17) is 4.74 Å². The van der Waals surface area contributed by atoms with Gasteiger partial charge in [-0.1, -0.05) is 0 Å². The van der Waals surface area contributed by atoms with Crippen molar-refractivity contribution >= 4 is 11.7 Å². The van der Waals surface area contributed by atoms with E-state index < -0.39 is 16.5 Å². The minimum Gasteiger partial charge on any atom is -0.476 e. The number of nitro benzene ring substituents is 1. The molecule has 2 rings (SSSR count). The maximum Gasteiger partial charge on any atom is 0.350 e. The van der Waals surface area contributed by atoms with E-state index in [0.717, 1.165) is 0 Å². The van der Waals surface area contributed by atoms with Crippen molar-refractivity contribution < 1.29 is 19.2 Å². The maximum atomic E-state index is 11.4. The quantitative estimate of drug-likeness (QED) is 0.452. The van der Waals surface area contributed by atoms with E-state index in [-0.39, 0.29) is 5.69 Å². The summed E-state index contributed by atoms with van der Waals surface area (Å²) in [6, 6.07) is 5.62. The fourth-order valence-electron chi connectivity index (χ4n) is 1.51. The van der Waals surface area contributed by atoms with Crippen molar-refractivity contribution in [1.82, 2.24) is 0 Å². The van der Waals surface area contributed by atoms with Crippen LogP contribution >= 0.6 is 0 Å². The third kappa shape index (κ3) is 2.20. The van der Waals surface area contributed by atoms with Gasteiger partial charge >= 0.3 is 5.97 Å². The molecule has 0 aliphatic heterocycles. The summed E-state index contributed by atoms with van der Waals surface area (Å²) in [6.07, 6.45) is 1.22. The number of methoxy groups -OCH3 is 1. The van der Waals surface area contributed by atoms with Crippen molar-refractivity contribution in [2.45, 2.75) is 18.4 Å². The van der Waals surface area contributed by atoms with Crippen LogP contribution in [0, 0.1) is 10.1 Å². The Morgan fingerprint density at radius 3 is 2.35 bits per heavy atom. The number of hydrogen-bond donors (Lipinski definition) is 0. The number of ether oxygens (including phenoxy) is 2. The van der Waals surface area contributed by atoms with E-state index in [0.29, 0.717) is 18.6 Å². The Morgan fingerprint density at radius 2 is 1.94 bits per heavy atom. The topological polar surface area (TPSA) is 78.7 Å². The smallest absolute Gasteiger partial charge is 0.350 e. The van der Waals surface area contributed by atoms with E-state index in [1.807, 2.05) is 0 Å². The molecule has 90 valence electrons. The first kappa shape index (κ1) is 11.4.